The molecule has 0 aromatic carbocycles. The van der Waals surface area contributed by atoms with Crippen molar-refractivity contribution in [3.05, 3.63) is 0 Å². The highest BCUT2D eigenvalue weighted by molar-refractivity contribution is 7.99. The number of nitrogens with one attached hydrogen (secondary N) is 1. The van der Waals surface area contributed by atoms with E-state index in [-0.39, 0.29) is 5.60 Å². The second-order valence-electron chi connectivity index (χ2n) is 4.67. The average molecular weight is 217 g/mol. The van der Waals surface area contributed by atoms with E-state index in [1.165, 1.54) is 18.6 Å². The largest absolute Gasteiger partial charge is 0.377 e. The summed E-state index contributed by atoms with van der Waals surface area (Å²) in [6, 6.07) is 0.670. The summed E-state index contributed by atoms with van der Waals surface area (Å²) in [6.45, 7) is 7.52. The molecule has 1 fully saturated rings. The van der Waals surface area contributed by atoms with Gasteiger partial charge in [0, 0.05) is 24.9 Å². The molecule has 0 saturated carbocycles. The summed E-state index contributed by atoms with van der Waals surface area (Å²) in [5.74, 6) is 1.33. The van der Waals surface area contributed by atoms with Crippen molar-refractivity contribution in [2.24, 2.45) is 0 Å². The number of hydrogen-bond acceptors (Lipinski definition) is 3. The zero-order valence-corrected chi connectivity index (χ0v) is 10.6. The standard InChI is InChI=1S/C11H23NOS/c1-9-10(6-5-7-14-9)12-8-11(2,3)13-4/h9-10,12H,5-8H2,1-4H3. The van der Waals surface area contributed by atoms with E-state index in [0.717, 1.165) is 11.8 Å². The molecule has 0 amide bonds. The Hall–Kier alpha value is 0.270. The van der Waals surface area contributed by atoms with Crippen LogP contribution >= 0.6 is 11.8 Å². The van der Waals surface area contributed by atoms with Gasteiger partial charge in [0.1, 0.15) is 0 Å². The number of rotatable bonds is 4. The second kappa shape index (κ2) is 5.38. The summed E-state index contributed by atoms with van der Waals surface area (Å²) in [5.41, 5.74) is -0.0398. The zero-order valence-electron chi connectivity index (χ0n) is 9.80. The maximum Gasteiger partial charge on any atom is 0.0746 e. The number of ether oxygens (including phenoxy) is 1. The number of thioether (sulfide) groups is 1. The SMILES string of the molecule is COC(C)(C)CNC1CCCSC1C. The van der Waals surface area contributed by atoms with E-state index in [2.05, 4.69) is 37.8 Å². The maximum absolute atomic E-state index is 5.39. The van der Waals surface area contributed by atoms with E-state index in [9.17, 15) is 0 Å². The lowest BCUT2D eigenvalue weighted by atomic mass is 10.1. The fraction of sp³-hybridized carbons (Fsp3) is 1.00. The molecule has 0 aromatic heterocycles. The zero-order chi connectivity index (χ0) is 10.6. The van der Waals surface area contributed by atoms with Crippen LogP contribution < -0.4 is 5.32 Å². The molecule has 1 rings (SSSR count). The molecule has 1 heterocycles. The Labute approximate surface area is 92.2 Å². The van der Waals surface area contributed by atoms with Crippen molar-refractivity contribution in [1.82, 2.24) is 5.32 Å². The molecule has 0 bridgehead atoms. The molecule has 84 valence electrons. The van der Waals surface area contributed by atoms with Crippen molar-refractivity contribution in [3.63, 3.8) is 0 Å². The third-order valence-electron chi connectivity index (χ3n) is 2.95. The topological polar surface area (TPSA) is 21.3 Å². The van der Waals surface area contributed by atoms with Crippen LogP contribution in [0.15, 0.2) is 0 Å². The van der Waals surface area contributed by atoms with Gasteiger partial charge in [-0.2, -0.15) is 11.8 Å². The van der Waals surface area contributed by atoms with E-state index in [1.807, 2.05) is 0 Å². The van der Waals surface area contributed by atoms with Crippen molar-refractivity contribution in [3.8, 4) is 0 Å². The van der Waals surface area contributed by atoms with E-state index >= 15 is 0 Å². The smallest absolute Gasteiger partial charge is 0.0746 e. The van der Waals surface area contributed by atoms with Crippen molar-refractivity contribution in [2.75, 3.05) is 19.4 Å². The maximum atomic E-state index is 5.39. The molecule has 2 atom stereocenters. The highest BCUT2D eigenvalue weighted by Crippen LogP contribution is 2.25. The predicted octanol–water partition coefficient (Wildman–Crippen LogP) is 2.29. The van der Waals surface area contributed by atoms with Crippen molar-refractivity contribution < 1.29 is 4.74 Å². The molecule has 1 N–H and O–H groups in total. The summed E-state index contributed by atoms with van der Waals surface area (Å²) in [5, 5.41) is 4.36. The first-order valence-electron chi connectivity index (χ1n) is 5.45. The monoisotopic (exact) mass is 217 g/mol. The van der Waals surface area contributed by atoms with E-state index < -0.39 is 0 Å². The molecule has 1 aliphatic rings. The second-order valence-corrected chi connectivity index (χ2v) is 6.15. The highest BCUT2D eigenvalue weighted by atomic mass is 32.2. The molecular formula is C11H23NOS. The Morgan fingerprint density at radius 2 is 2.21 bits per heavy atom. The molecule has 3 heteroatoms. The van der Waals surface area contributed by atoms with Gasteiger partial charge in [-0.25, -0.2) is 0 Å². The predicted molar refractivity (Wildman–Crippen MR) is 64.0 cm³/mol. The normalized spacial score (nSPS) is 29.1. The third kappa shape index (κ3) is 3.79. The number of methoxy groups -OCH3 is 1. The van der Waals surface area contributed by atoms with Crippen molar-refractivity contribution in [2.45, 2.75) is 50.5 Å². The molecule has 0 aliphatic carbocycles. The minimum Gasteiger partial charge on any atom is -0.377 e. The van der Waals surface area contributed by atoms with Crippen LogP contribution in [0.4, 0.5) is 0 Å². The Morgan fingerprint density at radius 1 is 1.50 bits per heavy atom. The summed E-state index contributed by atoms with van der Waals surface area (Å²) >= 11 is 2.08. The minimum absolute atomic E-state index is 0.0398. The van der Waals surface area contributed by atoms with Crippen molar-refractivity contribution in [1.29, 1.82) is 0 Å². The summed E-state index contributed by atoms with van der Waals surface area (Å²) in [6.07, 6.45) is 2.66. The van der Waals surface area contributed by atoms with Gasteiger partial charge in [-0.3, -0.25) is 0 Å². The van der Waals surface area contributed by atoms with Gasteiger partial charge in [0.15, 0.2) is 0 Å². The molecule has 0 aromatic rings. The molecule has 2 nitrogen and oxygen atoms in total. The minimum atomic E-state index is -0.0398. The van der Waals surface area contributed by atoms with Gasteiger partial charge >= 0.3 is 0 Å². The van der Waals surface area contributed by atoms with Crippen molar-refractivity contribution >= 4 is 11.8 Å². The van der Waals surface area contributed by atoms with E-state index in [1.54, 1.807) is 7.11 Å². The molecular weight excluding hydrogens is 194 g/mol. The van der Waals surface area contributed by atoms with Crippen LogP contribution in [0, 0.1) is 0 Å². The first kappa shape index (κ1) is 12.3. The fourth-order valence-corrected chi connectivity index (χ4v) is 2.81. The summed E-state index contributed by atoms with van der Waals surface area (Å²) < 4.78 is 5.39. The van der Waals surface area contributed by atoms with Crippen LogP contribution in [0.2, 0.25) is 0 Å². The average Bonchev–Trinajstić information content (AvgIpc) is 2.17. The lowest BCUT2D eigenvalue weighted by Crippen LogP contribution is -2.46. The van der Waals surface area contributed by atoms with E-state index in [0.29, 0.717) is 6.04 Å². The lowest BCUT2D eigenvalue weighted by molar-refractivity contribution is 0.0208. The fourth-order valence-electron chi connectivity index (χ4n) is 1.64. The molecule has 0 spiro atoms. The third-order valence-corrected chi connectivity index (χ3v) is 4.33. The first-order chi connectivity index (χ1) is 6.55. The molecule has 14 heavy (non-hydrogen) atoms. The Morgan fingerprint density at radius 3 is 2.79 bits per heavy atom. The highest BCUT2D eigenvalue weighted by Gasteiger charge is 2.24. The van der Waals surface area contributed by atoms with Gasteiger partial charge in [-0.05, 0) is 32.4 Å². The van der Waals surface area contributed by atoms with Crippen LogP contribution in [0.1, 0.15) is 33.6 Å². The van der Waals surface area contributed by atoms with Crippen LogP contribution in [0.25, 0.3) is 0 Å². The molecule has 2 unspecified atom stereocenters. The molecule has 1 aliphatic heterocycles. The van der Waals surface area contributed by atoms with Gasteiger partial charge < -0.3 is 10.1 Å². The molecule has 0 radical (unpaired) electrons. The van der Waals surface area contributed by atoms with Gasteiger partial charge in [-0.1, -0.05) is 6.92 Å². The molecule has 1 saturated heterocycles. The summed E-state index contributed by atoms with van der Waals surface area (Å²) in [7, 11) is 1.78. The van der Waals surface area contributed by atoms with Gasteiger partial charge in [0.2, 0.25) is 0 Å². The van der Waals surface area contributed by atoms with Crippen LogP contribution in [-0.2, 0) is 4.74 Å². The Bertz CT molecular complexity index is 173. The lowest BCUT2D eigenvalue weighted by Gasteiger charge is -2.32. The van der Waals surface area contributed by atoms with E-state index in [4.69, 9.17) is 4.74 Å². The van der Waals surface area contributed by atoms with Crippen LogP contribution in [0.3, 0.4) is 0 Å². The Kier molecular flexibility index (Phi) is 4.74. The van der Waals surface area contributed by atoms with Crippen LogP contribution in [0.5, 0.6) is 0 Å². The first-order valence-corrected chi connectivity index (χ1v) is 6.50. The summed E-state index contributed by atoms with van der Waals surface area (Å²) in [4.78, 5) is 0. The number of hydrogen-bond donors (Lipinski definition) is 1. The Balaban J connectivity index is 2.29. The van der Waals surface area contributed by atoms with Gasteiger partial charge in [0.25, 0.3) is 0 Å². The van der Waals surface area contributed by atoms with Crippen LogP contribution in [-0.4, -0.2) is 36.3 Å². The quantitative estimate of drug-likeness (QED) is 0.780. The van der Waals surface area contributed by atoms with Gasteiger partial charge in [0.05, 0.1) is 5.60 Å². The van der Waals surface area contributed by atoms with Gasteiger partial charge in [-0.15, -0.1) is 0 Å².